The normalized spacial score (nSPS) is 30.0. The predicted octanol–water partition coefficient (Wildman–Crippen LogP) is 2.11. The number of ether oxygens (including phenoxy) is 2. The van der Waals surface area contributed by atoms with Crippen LogP contribution in [0.2, 0.25) is 0 Å². The largest absolute Gasteiger partial charge is 0.496 e. The summed E-state index contributed by atoms with van der Waals surface area (Å²) in [5, 5.41) is 0. The summed E-state index contributed by atoms with van der Waals surface area (Å²) >= 11 is 0. The molecular formula is C17H18F2N3O7P. The molecule has 162 valence electrons. The molecule has 2 aliphatic rings. The van der Waals surface area contributed by atoms with Gasteiger partial charge >= 0.3 is 19.4 Å². The summed E-state index contributed by atoms with van der Waals surface area (Å²) in [5.41, 5.74) is 4.89. The number of nitrogens with two attached hydrogens (primary N) is 1. The molecule has 4 rings (SSSR count). The quantitative estimate of drug-likeness (QED) is 0.689. The second kappa shape index (κ2) is 7.71. The Kier molecular flexibility index (Phi) is 5.37. The number of methoxy groups -OCH3 is 1. The predicted molar refractivity (Wildman–Crippen MR) is 98.0 cm³/mol. The fourth-order valence-corrected chi connectivity index (χ4v) is 4.59. The van der Waals surface area contributed by atoms with Crippen LogP contribution >= 0.6 is 7.82 Å². The van der Waals surface area contributed by atoms with E-state index in [0.29, 0.717) is 15.9 Å². The lowest BCUT2D eigenvalue weighted by Gasteiger charge is -2.31. The highest BCUT2D eigenvalue weighted by atomic mass is 31.2. The first-order valence-electron chi connectivity index (χ1n) is 8.81. The average Bonchev–Trinajstić information content (AvgIpc) is 2.97. The monoisotopic (exact) mass is 445 g/mol. The van der Waals surface area contributed by atoms with Crippen molar-refractivity contribution in [3.05, 3.63) is 52.6 Å². The maximum absolute atomic E-state index is 15.0. The molecular weight excluding hydrogens is 427 g/mol. The molecule has 1 aromatic carbocycles. The Bertz CT molecular complexity index is 1050. The van der Waals surface area contributed by atoms with Crippen LogP contribution in [0.5, 0.6) is 5.75 Å². The molecule has 2 N–H and O–H groups in total. The number of rotatable bonds is 5. The van der Waals surface area contributed by atoms with Crippen molar-refractivity contribution >= 4 is 13.6 Å². The van der Waals surface area contributed by atoms with Crippen molar-refractivity contribution in [2.45, 2.75) is 31.0 Å². The van der Waals surface area contributed by atoms with Gasteiger partial charge in [0.2, 0.25) is 6.23 Å². The van der Waals surface area contributed by atoms with E-state index in [-0.39, 0.29) is 12.4 Å². The summed E-state index contributed by atoms with van der Waals surface area (Å²) in [5.74, 6) is -3.38. The van der Waals surface area contributed by atoms with Gasteiger partial charge in [0.15, 0.2) is 6.10 Å². The Morgan fingerprint density at radius 1 is 1.37 bits per heavy atom. The second-order valence-electron chi connectivity index (χ2n) is 6.60. The molecule has 1 aromatic heterocycles. The Hall–Kier alpha value is -2.37. The zero-order chi connectivity index (χ0) is 21.5. The SMILES string of the molecule is COc1ccccc1COP1(=O)OC[C@H]2O[C@@H](n3ccc(N)nc3=O)C(F)(F)[C@@H]2O1. The van der Waals surface area contributed by atoms with E-state index in [4.69, 9.17) is 28.8 Å². The van der Waals surface area contributed by atoms with E-state index >= 15 is 8.78 Å². The molecule has 0 aliphatic carbocycles. The van der Waals surface area contributed by atoms with Gasteiger partial charge in [0.25, 0.3) is 0 Å². The Morgan fingerprint density at radius 3 is 2.87 bits per heavy atom. The van der Waals surface area contributed by atoms with Gasteiger partial charge < -0.3 is 15.2 Å². The Balaban J connectivity index is 1.52. The van der Waals surface area contributed by atoms with Gasteiger partial charge in [0.1, 0.15) is 17.7 Å². The van der Waals surface area contributed by atoms with Crippen LogP contribution in [0.25, 0.3) is 0 Å². The number of phosphoric acid groups is 1. The van der Waals surface area contributed by atoms with Crippen molar-refractivity contribution in [2.75, 3.05) is 19.5 Å². The lowest BCUT2D eigenvalue weighted by Crippen LogP contribution is -2.45. The second-order valence-corrected chi connectivity index (χ2v) is 8.22. The molecule has 30 heavy (non-hydrogen) atoms. The average molecular weight is 445 g/mol. The molecule has 2 saturated heterocycles. The van der Waals surface area contributed by atoms with Gasteiger partial charge in [-0.15, -0.1) is 0 Å². The zero-order valence-corrected chi connectivity index (χ0v) is 16.5. The highest BCUT2D eigenvalue weighted by Gasteiger charge is 2.65. The summed E-state index contributed by atoms with van der Waals surface area (Å²) in [6.07, 6.45) is -4.22. The molecule has 0 radical (unpaired) electrons. The molecule has 2 aromatic rings. The zero-order valence-electron chi connectivity index (χ0n) is 15.6. The molecule has 10 nitrogen and oxygen atoms in total. The highest BCUT2D eigenvalue weighted by Crippen LogP contribution is 2.60. The fraction of sp³-hybridized carbons (Fsp3) is 0.412. The number of hydrogen-bond donors (Lipinski definition) is 1. The van der Waals surface area contributed by atoms with Crippen LogP contribution in [-0.4, -0.2) is 41.4 Å². The maximum Gasteiger partial charge on any atom is 0.475 e. The molecule has 3 heterocycles. The number of para-hydroxylation sites is 1. The number of halogens is 2. The first kappa shape index (κ1) is 20.9. The summed E-state index contributed by atoms with van der Waals surface area (Å²) in [7, 11) is -2.89. The van der Waals surface area contributed by atoms with Crippen LogP contribution in [0.1, 0.15) is 11.8 Å². The summed E-state index contributed by atoms with van der Waals surface area (Å²) in [4.78, 5) is 15.4. The van der Waals surface area contributed by atoms with E-state index in [1.54, 1.807) is 24.3 Å². The maximum atomic E-state index is 15.0. The van der Waals surface area contributed by atoms with Gasteiger partial charge in [0.05, 0.1) is 20.3 Å². The van der Waals surface area contributed by atoms with Crippen LogP contribution in [0, 0.1) is 0 Å². The number of aromatic nitrogens is 2. The van der Waals surface area contributed by atoms with E-state index < -0.39 is 44.5 Å². The minimum atomic E-state index is -4.34. The first-order chi connectivity index (χ1) is 14.2. The summed E-state index contributed by atoms with van der Waals surface area (Å²) in [6.45, 7) is -0.729. The lowest BCUT2D eigenvalue weighted by atomic mass is 10.1. The van der Waals surface area contributed by atoms with Crippen molar-refractivity contribution in [1.29, 1.82) is 0 Å². The summed E-state index contributed by atoms with van der Waals surface area (Å²) in [6, 6.07) is 7.93. The van der Waals surface area contributed by atoms with E-state index in [9.17, 15) is 9.36 Å². The highest BCUT2D eigenvalue weighted by molar-refractivity contribution is 7.48. The minimum absolute atomic E-state index is 0.121. The molecule has 0 bridgehead atoms. The number of nitrogen functional groups attached to an aromatic ring is 1. The Morgan fingerprint density at radius 2 is 2.13 bits per heavy atom. The van der Waals surface area contributed by atoms with Gasteiger partial charge in [0, 0.05) is 11.8 Å². The van der Waals surface area contributed by atoms with Crippen LogP contribution < -0.4 is 16.2 Å². The first-order valence-corrected chi connectivity index (χ1v) is 10.3. The fourth-order valence-electron chi connectivity index (χ4n) is 3.21. The number of alkyl halides is 2. The van der Waals surface area contributed by atoms with Gasteiger partial charge in [-0.2, -0.15) is 13.8 Å². The van der Waals surface area contributed by atoms with E-state index in [2.05, 4.69) is 4.98 Å². The molecule has 1 unspecified atom stereocenters. The lowest BCUT2D eigenvalue weighted by molar-refractivity contribution is -0.138. The topological polar surface area (TPSA) is 124 Å². The van der Waals surface area contributed by atoms with Crippen molar-refractivity contribution in [3.63, 3.8) is 0 Å². The van der Waals surface area contributed by atoms with Gasteiger partial charge in [-0.05, 0) is 12.1 Å². The molecule has 2 aliphatic heterocycles. The van der Waals surface area contributed by atoms with Gasteiger partial charge in [-0.1, -0.05) is 18.2 Å². The van der Waals surface area contributed by atoms with Gasteiger partial charge in [-0.25, -0.2) is 9.36 Å². The molecule has 13 heteroatoms. The number of anilines is 1. The number of nitrogens with zero attached hydrogens (tertiary/aromatic N) is 2. The third-order valence-electron chi connectivity index (χ3n) is 4.66. The molecule has 0 spiro atoms. The standard InChI is InChI=1S/C17H18F2N3O7P/c1-25-11-5-3-2-4-10(11)8-26-30(24)27-9-12-14(29-30)17(18,19)15(28-12)22-7-6-13(20)21-16(22)23/h2-7,12,14-15H,8-9H2,1H3,(H2,20,21,23)/t12-,14-,15-,30?/m1/s1. The number of phosphoric ester groups is 1. The molecule has 2 fully saturated rings. The van der Waals surface area contributed by atoms with Crippen LogP contribution in [0.15, 0.2) is 41.3 Å². The van der Waals surface area contributed by atoms with Crippen molar-refractivity contribution in [1.82, 2.24) is 9.55 Å². The van der Waals surface area contributed by atoms with E-state index in [1.807, 2.05) is 0 Å². The van der Waals surface area contributed by atoms with E-state index in [1.165, 1.54) is 13.2 Å². The number of benzene rings is 1. The third-order valence-corrected chi connectivity index (χ3v) is 6.06. The molecule has 0 saturated carbocycles. The summed E-state index contributed by atoms with van der Waals surface area (Å²) < 4.78 is 69.2. The van der Waals surface area contributed by atoms with Crippen LogP contribution in [-0.2, 0) is 29.5 Å². The van der Waals surface area contributed by atoms with Crippen molar-refractivity contribution < 1.29 is 36.4 Å². The van der Waals surface area contributed by atoms with Crippen LogP contribution in [0.4, 0.5) is 14.6 Å². The minimum Gasteiger partial charge on any atom is -0.496 e. The van der Waals surface area contributed by atoms with E-state index in [0.717, 1.165) is 6.20 Å². The Labute approximate surface area is 169 Å². The van der Waals surface area contributed by atoms with Crippen molar-refractivity contribution in [2.24, 2.45) is 0 Å². The third kappa shape index (κ3) is 3.72. The number of hydrogen-bond acceptors (Lipinski definition) is 9. The number of fused-ring (bicyclic) bond motifs is 1. The molecule has 4 atom stereocenters. The molecule has 0 amide bonds. The van der Waals surface area contributed by atoms with Crippen LogP contribution in [0.3, 0.4) is 0 Å². The smallest absolute Gasteiger partial charge is 0.475 e. The van der Waals surface area contributed by atoms with Crippen molar-refractivity contribution in [3.8, 4) is 5.75 Å². The van der Waals surface area contributed by atoms with Gasteiger partial charge in [-0.3, -0.25) is 18.1 Å².